The molecule has 0 unspecified atom stereocenters. The molecule has 0 aliphatic heterocycles. The Balaban J connectivity index is 2.00. The van der Waals surface area contributed by atoms with Crippen molar-refractivity contribution in [2.24, 2.45) is 5.92 Å². The Morgan fingerprint density at radius 3 is 2.31 bits per heavy atom. The van der Waals surface area contributed by atoms with E-state index >= 15 is 0 Å². The van der Waals surface area contributed by atoms with Crippen LogP contribution in [0.1, 0.15) is 31.2 Å². The molecule has 2 aromatic carbocycles. The van der Waals surface area contributed by atoms with Crippen LogP contribution in [0.5, 0.6) is 0 Å². The third kappa shape index (κ3) is 4.29. The Hall–Kier alpha value is -1.40. The normalized spacial score (nSPS) is 21.0. The van der Waals surface area contributed by atoms with Gasteiger partial charge in [-0.25, -0.2) is 8.42 Å². The fourth-order valence-corrected chi connectivity index (χ4v) is 5.50. The number of nitrogens with zero attached hydrogens (tertiary/aromatic N) is 1. The Bertz CT molecular complexity index is 809. The van der Waals surface area contributed by atoms with Gasteiger partial charge >= 0.3 is 0 Å². The Labute approximate surface area is 160 Å². The van der Waals surface area contributed by atoms with Crippen LogP contribution < -0.4 is 0 Å². The smallest absolute Gasteiger partial charge is 0.243 e. The largest absolute Gasteiger partial charge is 0.396 e. The average molecular weight is 394 g/mol. The summed E-state index contributed by atoms with van der Waals surface area (Å²) in [5, 5.41) is 10.3. The lowest BCUT2D eigenvalue weighted by Gasteiger charge is -2.38. The molecule has 1 saturated carbocycles. The molecule has 1 fully saturated rings. The molecule has 4 nitrogen and oxygen atoms in total. The van der Waals surface area contributed by atoms with Crippen molar-refractivity contribution in [2.45, 2.75) is 43.2 Å². The van der Waals surface area contributed by atoms with E-state index in [-0.39, 0.29) is 23.5 Å². The Morgan fingerprint density at radius 1 is 1.00 bits per heavy atom. The summed E-state index contributed by atoms with van der Waals surface area (Å²) in [7, 11) is -3.70. The lowest BCUT2D eigenvalue weighted by atomic mass is 9.85. The monoisotopic (exact) mass is 393 g/mol. The van der Waals surface area contributed by atoms with Crippen molar-refractivity contribution in [1.29, 1.82) is 0 Å². The van der Waals surface area contributed by atoms with Crippen LogP contribution >= 0.6 is 11.6 Å². The van der Waals surface area contributed by atoms with Crippen LogP contribution in [-0.2, 0) is 16.6 Å². The fraction of sp³-hybridized carbons (Fsp3) is 0.400. The highest BCUT2D eigenvalue weighted by Gasteiger charge is 2.37. The Morgan fingerprint density at radius 2 is 1.65 bits per heavy atom. The molecule has 0 bridgehead atoms. The number of benzene rings is 2. The molecule has 2 atom stereocenters. The number of aliphatic hydroxyl groups excluding tert-OH is 1. The third-order valence-electron chi connectivity index (χ3n) is 5.07. The second kappa shape index (κ2) is 8.53. The summed E-state index contributed by atoms with van der Waals surface area (Å²) < 4.78 is 28.4. The van der Waals surface area contributed by atoms with Gasteiger partial charge in [0.05, 0.1) is 4.90 Å². The summed E-state index contributed by atoms with van der Waals surface area (Å²) >= 11 is 5.92. The summed E-state index contributed by atoms with van der Waals surface area (Å²) in [6.07, 6.45) is 3.62. The number of hydrogen-bond acceptors (Lipinski definition) is 3. The molecule has 1 N–H and O–H groups in total. The molecule has 0 saturated heterocycles. The highest BCUT2D eigenvalue weighted by molar-refractivity contribution is 7.89. The van der Waals surface area contributed by atoms with Crippen LogP contribution in [0.2, 0.25) is 5.02 Å². The molecule has 1 aliphatic carbocycles. The van der Waals surface area contributed by atoms with E-state index in [1.54, 1.807) is 28.6 Å². The van der Waals surface area contributed by atoms with Crippen LogP contribution in [-0.4, -0.2) is 30.5 Å². The first-order chi connectivity index (χ1) is 12.5. The summed E-state index contributed by atoms with van der Waals surface area (Å²) in [5.74, 6) is -0.0328. The summed E-state index contributed by atoms with van der Waals surface area (Å²) in [4.78, 5) is 0.236. The molecule has 0 heterocycles. The van der Waals surface area contributed by atoms with Gasteiger partial charge in [-0.05, 0) is 48.6 Å². The number of sulfonamides is 1. The molecule has 3 rings (SSSR count). The molecular formula is C20H24ClNO3S. The van der Waals surface area contributed by atoms with Gasteiger partial charge in [0.1, 0.15) is 0 Å². The van der Waals surface area contributed by atoms with Gasteiger partial charge < -0.3 is 5.11 Å². The van der Waals surface area contributed by atoms with Crippen LogP contribution in [0, 0.1) is 5.92 Å². The van der Waals surface area contributed by atoms with Crippen molar-refractivity contribution >= 4 is 21.6 Å². The maximum absolute atomic E-state index is 13.4. The molecule has 26 heavy (non-hydrogen) atoms. The number of hydrogen-bond donors (Lipinski definition) is 1. The van der Waals surface area contributed by atoms with Crippen molar-refractivity contribution in [3.8, 4) is 0 Å². The SMILES string of the molecule is O=S(=O)(c1ccc(Cl)cc1)N(Cc1ccccc1)[C@H]1CCCC[C@H]1CO. The maximum atomic E-state index is 13.4. The van der Waals surface area contributed by atoms with E-state index in [0.717, 1.165) is 31.2 Å². The Kier molecular flexibility index (Phi) is 6.35. The van der Waals surface area contributed by atoms with Crippen LogP contribution in [0.15, 0.2) is 59.5 Å². The standard InChI is InChI=1S/C20H24ClNO3S/c21-18-10-12-19(13-11-18)26(24,25)22(14-16-6-2-1-3-7-16)20-9-5-4-8-17(20)15-23/h1-3,6-7,10-13,17,20,23H,4-5,8-9,14-15H2/t17-,20-/m0/s1. The van der Waals surface area contributed by atoms with E-state index in [9.17, 15) is 13.5 Å². The molecule has 0 amide bonds. The summed E-state index contributed by atoms with van der Waals surface area (Å²) in [6.45, 7) is 0.305. The minimum atomic E-state index is -3.70. The fourth-order valence-electron chi connectivity index (χ4n) is 3.67. The van der Waals surface area contributed by atoms with Crippen molar-refractivity contribution in [3.05, 3.63) is 65.2 Å². The molecular weight excluding hydrogens is 370 g/mol. The van der Waals surface area contributed by atoms with E-state index in [0.29, 0.717) is 11.6 Å². The average Bonchev–Trinajstić information content (AvgIpc) is 2.67. The van der Waals surface area contributed by atoms with Gasteiger partial charge in [-0.1, -0.05) is 54.8 Å². The summed E-state index contributed by atoms with van der Waals surface area (Å²) in [5.41, 5.74) is 0.937. The van der Waals surface area contributed by atoms with E-state index in [1.807, 2.05) is 30.3 Å². The lowest BCUT2D eigenvalue weighted by Crippen LogP contribution is -2.46. The van der Waals surface area contributed by atoms with Crippen molar-refractivity contribution in [2.75, 3.05) is 6.61 Å². The van der Waals surface area contributed by atoms with Crippen LogP contribution in [0.25, 0.3) is 0 Å². The van der Waals surface area contributed by atoms with Crippen molar-refractivity contribution in [3.63, 3.8) is 0 Å². The van der Waals surface area contributed by atoms with Gasteiger partial charge in [-0.15, -0.1) is 0 Å². The van der Waals surface area contributed by atoms with Gasteiger partial charge in [0, 0.05) is 24.2 Å². The topological polar surface area (TPSA) is 57.6 Å². The van der Waals surface area contributed by atoms with E-state index in [1.165, 1.54) is 0 Å². The van der Waals surface area contributed by atoms with Gasteiger partial charge in [0.25, 0.3) is 0 Å². The van der Waals surface area contributed by atoms with Crippen molar-refractivity contribution in [1.82, 2.24) is 4.31 Å². The minimum absolute atomic E-state index is 0.00605. The molecule has 2 aromatic rings. The van der Waals surface area contributed by atoms with Gasteiger partial charge in [-0.2, -0.15) is 4.31 Å². The van der Waals surface area contributed by atoms with Crippen LogP contribution in [0.4, 0.5) is 0 Å². The van der Waals surface area contributed by atoms with Gasteiger partial charge in [0.2, 0.25) is 10.0 Å². The first-order valence-electron chi connectivity index (χ1n) is 8.94. The predicted octanol–water partition coefficient (Wildman–Crippen LogP) is 4.08. The number of aliphatic hydroxyl groups is 1. The predicted molar refractivity (Wildman–Crippen MR) is 103 cm³/mol. The molecule has 0 aromatic heterocycles. The van der Waals surface area contributed by atoms with Crippen LogP contribution in [0.3, 0.4) is 0 Å². The second-order valence-corrected chi connectivity index (χ2v) is 9.11. The van der Waals surface area contributed by atoms with E-state index in [2.05, 4.69) is 0 Å². The summed E-state index contributed by atoms with van der Waals surface area (Å²) in [6, 6.07) is 15.7. The first kappa shape index (κ1) is 19.4. The highest BCUT2D eigenvalue weighted by Crippen LogP contribution is 2.33. The minimum Gasteiger partial charge on any atom is -0.396 e. The first-order valence-corrected chi connectivity index (χ1v) is 10.8. The molecule has 0 radical (unpaired) electrons. The number of halogens is 1. The van der Waals surface area contributed by atoms with E-state index in [4.69, 9.17) is 11.6 Å². The zero-order chi connectivity index (χ0) is 18.6. The van der Waals surface area contributed by atoms with Gasteiger partial charge in [0.15, 0.2) is 0 Å². The van der Waals surface area contributed by atoms with Crippen molar-refractivity contribution < 1.29 is 13.5 Å². The molecule has 6 heteroatoms. The number of rotatable bonds is 6. The molecule has 140 valence electrons. The zero-order valence-electron chi connectivity index (χ0n) is 14.6. The molecule has 0 spiro atoms. The van der Waals surface area contributed by atoms with Gasteiger partial charge in [-0.3, -0.25) is 0 Å². The third-order valence-corrected chi connectivity index (χ3v) is 7.21. The van der Waals surface area contributed by atoms with E-state index < -0.39 is 10.0 Å². The quantitative estimate of drug-likeness (QED) is 0.804. The molecule has 1 aliphatic rings. The highest BCUT2D eigenvalue weighted by atomic mass is 35.5. The zero-order valence-corrected chi connectivity index (χ0v) is 16.2. The second-order valence-electron chi connectivity index (χ2n) is 6.78. The maximum Gasteiger partial charge on any atom is 0.243 e. The lowest BCUT2D eigenvalue weighted by molar-refractivity contribution is 0.109.